The monoisotopic (exact) mass is 551 g/mol. The minimum Gasteiger partial charge on any atom is -0.495 e. The smallest absolute Gasteiger partial charge is 0.412 e. The van der Waals surface area contributed by atoms with Gasteiger partial charge in [0, 0.05) is 11.3 Å². The van der Waals surface area contributed by atoms with E-state index in [1.54, 1.807) is 54.6 Å². The Kier molecular flexibility index (Phi) is 9.04. The molecule has 4 rings (SSSR count). The predicted molar refractivity (Wildman–Crippen MR) is 161 cm³/mol. The topological polar surface area (TPSA) is 106 Å². The second-order valence-electron chi connectivity index (χ2n) is 10.4. The lowest BCUT2D eigenvalue weighted by molar-refractivity contribution is 0.102. The number of methoxy groups -OCH3 is 1. The molecule has 0 fully saturated rings. The Morgan fingerprint density at radius 2 is 1.39 bits per heavy atom. The Labute approximate surface area is 239 Å². The molecule has 0 atom stereocenters. The maximum absolute atomic E-state index is 13.2. The Morgan fingerprint density at radius 1 is 0.707 bits per heavy atom. The highest BCUT2D eigenvalue weighted by Gasteiger charge is 2.18. The zero-order valence-corrected chi connectivity index (χ0v) is 23.5. The van der Waals surface area contributed by atoms with Gasteiger partial charge in [0.2, 0.25) is 0 Å². The Hall–Kier alpha value is -5.11. The summed E-state index contributed by atoms with van der Waals surface area (Å²) in [6.45, 7) is 6.43. The first kappa shape index (κ1) is 28.9. The predicted octanol–water partition coefficient (Wildman–Crippen LogP) is 7.25. The van der Waals surface area contributed by atoms with E-state index in [0.29, 0.717) is 28.4 Å². The fourth-order valence-corrected chi connectivity index (χ4v) is 4.06. The number of amides is 3. The molecule has 4 aromatic carbocycles. The van der Waals surface area contributed by atoms with Gasteiger partial charge in [-0.1, -0.05) is 75.4 Å². The molecule has 41 heavy (non-hydrogen) atoms. The number of benzene rings is 4. The zero-order valence-electron chi connectivity index (χ0n) is 23.5. The summed E-state index contributed by atoms with van der Waals surface area (Å²) in [5.41, 5.74) is 3.80. The van der Waals surface area contributed by atoms with Gasteiger partial charge in [-0.25, -0.2) is 4.79 Å². The Morgan fingerprint density at radius 3 is 2.07 bits per heavy atom. The number of rotatable bonds is 8. The number of hydrogen-bond acceptors (Lipinski definition) is 5. The standard InChI is InChI=1S/C33H33N3O5/c1-33(2,3)24-16-14-23(15-17-24)30(37)35-27-13-9-8-12-26(27)31(38)34-25-18-19-29(40-4)28(20-25)36-32(39)41-21-22-10-6-5-7-11-22/h5-20H,21H2,1-4H3,(H,34,38)(H,35,37)(H,36,39). The van der Waals surface area contributed by atoms with E-state index in [1.807, 2.05) is 42.5 Å². The number of anilines is 3. The summed E-state index contributed by atoms with van der Waals surface area (Å²) in [7, 11) is 1.48. The van der Waals surface area contributed by atoms with Crippen LogP contribution in [0.3, 0.4) is 0 Å². The van der Waals surface area contributed by atoms with Crippen molar-refractivity contribution in [1.29, 1.82) is 0 Å². The number of para-hydroxylation sites is 1. The molecule has 3 N–H and O–H groups in total. The molecule has 0 bridgehead atoms. The van der Waals surface area contributed by atoms with E-state index in [4.69, 9.17) is 9.47 Å². The van der Waals surface area contributed by atoms with Crippen LogP contribution in [0.5, 0.6) is 5.75 Å². The average Bonchev–Trinajstić information content (AvgIpc) is 2.96. The molecule has 3 amide bonds. The second-order valence-corrected chi connectivity index (χ2v) is 10.4. The van der Waals surface area contributed by atoms with Crippen molar-refractivity contribution in [3.63, 3.8) is 0 Å². The molecule has 0 aliphatic rings. The van der Waals surface area contributed by atoms with Crippen LogP contribution >= 0.6 is 0 Å². The van der Waals surface area contributed by atoms with Crippen molar-refractivity contribution in [2.24, 2.45) is 0 Å². The normalized spacial score (nSPS) is 10.8. The van der Waals surface area contributed by atoms with Crippen molar-refractivity contribution in [1.82, 2.24) is 0 Å². The van der Waals surface area contributed by atoms with Gasteiger partial charge in [-0.05, 0) is 59.0 Å². The fraction of sp³-hybridized carbons (Fsp3) is 0.182. The zero-order chi connectivity index (χ0) is 29.4. The maximum Gasteiger partial charge on any atom is 0.412 e. The van der Waals surface area contributed by atoms with Crippen molar-refractivity contribution in [3.8, 4) is 5.75 Å². The van der Waals surface area contributed by atoms with Crippen LogP contribution in [0.2, 0.25) is 0 Å². The van der Waals surface area contributed by atoms with E-state index >= 15 is 0 Å². The minimum absolute atomic E-state index is 0.0288. The summed E-state index contributed by atoms with van der Waals surface area (Å²) in [6.07, 6.45) is -0.667. The summed E-state index contributed by atoms with van der Waals surface area (Å²) in [5.74, 6) is -0.368. The van der Waals surface area contributed by atoms with Crippen molar-refractivity contribution in [3.05, 3.63) is 119 Å². The Bertz CT molecular complexity index is 1530. The van der Waals surface area contributed by atoms with E-state index in [2.05, 4.69) is 36.7 Å². The summed E-state index contributed by atoms with van der Waals surface area (Å²) in [5, 5.41) is 8.32. The summed E-state index contributed by atoms with van der Waals surface area (Å²) in [4.78, 5) is 38.6. The fourth-order valence-electron chi connectivity index (χ4n) is 4.06. The molecule has 0 saturated carbocycles. The van der Waals surface area contributed by atoms with Crippen LogP contribution in [0.4, 0.5) is 21.9 Å². The summed E-state index contributed by atoms with van der Waals surface area (Å²) >= 11 is 0. The second kappa shape index (κ2) is 12.8. The highest BCUT2D eigenvalue weighted by atomic mass is 16.5. The van der Waals surface area contributed by atoms with Gasteiger partial charge in [0.1, 0.15) is 12.4 Å². The summed E-state index contributed by atoms with van der Waals surface area (Å²) in [6, 6.07) is 28.3. The number of carbonyl (C=O) groups excluding carboxylic acids is 3. The van der Waals surface area contributed by atoms with Crippen molar-refractivity contribution in [2.45, 2.75) is 32.8 Å². The molecule has 210 valence electrons. The third kappa shape index (κ3) is 7.73. The van der Waals surface area contributed by atoms with Gasteiger partial charge in [0.25, 0.3) is 11.8 Å². The molecule has 0 saturated heterocycles. The average molecular weight is 552 g/mol. The molecule has 0 spiro atoms. The van der Waals surface area contributed by atoms with Crippen LogP contribution < -0.4 is 20.7 Å². The molecule has 0 heterocycles. The van der Waals surface area contributed by atoms with Gasteiger partial charge in [0.15, 0.2) is 0 Å². The van der Waals surface area contributed by atoms with Gasteiger partial charge in [-0.3, -0.25) is 14.9 Å². The van der Waals surface area contributed by atoms with Crippen molar-refractivity contribution >= 4 is 35.0 Å². The molecule has 8 heteroatoms. The number of carbonyl (C=O) groups is 3. The lowest BCUT2D eigenvalue weighted by Gasteiger charge is -2.19. The van der Waals surface area contributed by atoms with E-state index in [-0.39, 0.29) is 23.5 Å². The van der Waals surface area contributed by atoms with E-state index < -0.39 is 12.0 Å². The molecular formula is C33H33N3O5. The lowest BCUT2D eigenvalue weighted by atomic mass is 9.86. The highest BCUT2D eigenvalue weighted by molar-refractivity contribution is 6.12. The molecule has 8 nitrogen and oxygen atoms in total. The lowest BCUT2D eigenvalue weighted by Crippen LogP contribution is -2.19. The first-order valence-electron chi connectivity index (χ1n) is 13.1. The highest BCUT2D eigenvalue weighted by Crippen LogP contribution is 2.29. The van der Waals surface area contributed by atoms with Crippen LogP contribution in [-0.4, -0.2) is 25.0 Å². The van der Waals surface area contributed by atoms with Gasteiger partial charge in [-0.2, -0.15) is 0 Å². The van der Waals surface area contributed by atoms with Crippen LogP contribution in [0.15, 0.2) is 97.1 Å². The third-order valence-corrected chi connectivity index (χ3v) is 6.34. The van der Waals surface area contributed by atoms with Gasteiger partial charge < -0.3 is 20.1 Å². The van der Waals surface area contributed by atoms with Crippen LogP contribution in [0, 0.1) is 0 Å². The molecule has 0 aromatic heterocycles. The molecule has 4 aromatic rings. The molecule has 0 aliphatic heterocycles. The first-order valence-corrected chi connectivity index (χ1v) is 13.1. The quantitative estimate of drug-likeness (QED) is 0.214. The SMILES string of the molecule is COc1ccc(NC(=O)c2ccccc2NC(=O)c2ccc(C(C)(C)C)cc2)cc1NC(=O)OCc1ccccc1. The Balaban J connectivity index is 1.45. The van der Waals surface area contributed by atoms with E-state index in [9.17, 15) is 14.4 Å². The largest absolute Gasteiger partial charge is 0.495 e. The molecule has 0 aliphatic carbocycles. The van der Waals surface area contributed by atoms with Gasteiger partial charge in [-0.15, -0.1) is 0 Å². The molecular weight excluding hydrogens is 518 g/mol. The van der Waals surface area contributed by atoms with Crippen LogP contribution in [-0.2, 0) is 16.8 Å². The van der Waals surface area contributed by atoms with E-state index in [1.165, 1.54) is 7.11 Å². The summed E-state index contributed by atoms with van der Waals surface area (Å²) < 4.78 is 10.7. The maximum atomic E-state index is 13.2. The number of ether oxygens (including phenoxy) is 2. The van der Waals surface area contributed by atoms with Crippen LogP contribution in [0.25, 0.3) is 0 Å². The number of nitrogens with one attached hydrogen (secondary N) is 3. The van der Waals surface area contributed by atoms with Gasteiger partial charge >= 0.3 is 6.09 Å². The van der Waals surface area contributed by atoms with E-state index in [0.717, 1.165) is 11.1 Å². The van der Waals surface area contributed by atoms with Crippen LogP contribution in [0.1, 0.15) is 52.6 Å². The molecule has 0 unspecified atom stereocenters. The van der Waals surface area contributed by atoms with Gasteiger partial charge in [0.05, 0.1) is 24.0 Å². The number of hydrogen-bond donors (Lipinski definition) is 3. The van der Waals surface area contributed by atoms with Crippen molar-refractivity contribution < 1.29 is 23.9 Å². The minimum atomic E-state index is -0.667. The van der Waals surface area contributed by atoms with Crippen molar-refractivity contribution in [2.75, 3.05) is 23.1 Å². The molecule has 0 radical (unpaired) electrons. The third-order valence-electron chi connectivity index (χ3n) is 6.34. The first-order chi connectivity index (χ1) is 19.6.